The van der Waals surface area contributed by atoms with Crippen LogP contribution in [0.25, 0.3) is 20.8 Å². The summed E-state index contributed by atoms with van der Waals surface area (Å²) in [5, 5.41) is 4.94. The summed E-state index contributed by atoms with van der Waals surface area (Å²) in [5.41, 5.74) is 6.19. The molecule has 2 aromatic carbocycles. The van der Waals surface area contributed by atoms with Crippen LogP contribution in [0.3, 0.4) is 0 Å². The number of rotatable bonds is 3. The minimum absolute atomic E-state index is 0.0817. The van der Waals surface area contributed by atoms with Crippen LogP contribution in [-0.2, 0) is 0 Å². The Morgan fingerprint density at radius 1 is 0.963 bits per heavy atom. The van der Waals surface area contributed by atoms with Crippen molar-refractivity contribution in [1.82, 2.24) is 4.98 Å². The van der Waals surface area contributed by atoms with Gasteiger partial charge < -0.3 is 5.32 Å². The Morgan fingerprint density at radius 2 is 1.74 bits per heavy atom. The Morgan fingerprint density at radius 3 is 2.48 bits per heavy atom. The Balaban J connectivity index is 1.74. The quantitative estimate of drug-likeness (QED) is 0.432. The topological polar surface area (TPSA) is 42.0 Å². The van der Waals surface area contributed by atoms with Gasteiger partial charge in [-0.3, -0.25) is 4.79 Å². The van der Waals surface area contributed by atoms with Crippen LogP contribution in [0.5, 0.6) is 0 Å². The van der Waals surface area contributed by atoms with Crippen LogP contribution < -0.4 is 5.32 Å². The van der Waals surface area contributed by atoms with Crippen molar-refractivity contribution in [3.63, 3.8) is 0 Å². The normalized spacial score (nSPS) is 11.1. The first-order chi connectivity index (χ1) is 12.9. The van der Waals surface area contributed by atoms with Gasteiger partial charge in [0.15, 0.2) is 0 Å². The van der Waals surface area contributed by atoms with E-state index in [-0.39, 0.29) is 5.91 Å². The third kappa shape index (κ3) is 3.29. The van der Waals surface area contributed by atoms with Crippen LogP contribution in [0.2, 0.25) is 0 Å². The van der Waals surface area contributed by atoms with Crippen LogP contribution in [-0.4, -0.2) is 10.9 Å². The molecule has 0 fully saturated rings. The largest absolute Gasteiger partial charge is 0.313 e. The molecular weight excluding hydrogens is 372 g/mol. The van der Waals surface area contributed by atoms with Crippen LogP contribution in [0.1, 0.15) is 31.9 Å². The van der Waals surface area contributed by atoms with E-state index in [4.69, 9.17) is 4.98 Å². The monoisotopic (exact) mass is 392 g/mol. The highest BCUT2D eigenvalue weighted by molar-refractivity contribution is 7.22. The molecule has 0 atom stereocenters. The molecule has 0 saturated heterocycles. The van der Waals surface area contributed by atoms with Crippen LogP contribution in [0.15, 0.2) is 42.5 Å². The second-order valence-electron chi connectivity index (χ2n) is 6.73. The SMILES string of the molecule is Cc1ccc(C(=O)Nc2sc(C)c(C)c2-c2nc3ccccc3s2)cc1C. The van der Waals surface area contributed by atoms with Crippen LogP contribution in [0.4, 0.5) is 5.00 Å². The summed E-state index contributed by atoms with van der Waals surface area (Å²) in [4.78, 5) is 18.8. The number of aryl methyl sites for hydroxylation is 3. The molecule has 2 heterocycles. The summed E-state index contributed by atoms with van der Waals surface area (Å²) in [6.45, 7) is 8.26. The fraction of sp³-hybridized carbons (Fsp3) is 0.182. The number of nitrogens with one attached hydrogen (secondary N) is 1. The van der Waals surface area contributed by atoms with E-state index in [1.54, 1.807) is 22.7 Å². The number of aromatic nitrogens is 1. The van der Waals surface area contributed by atoms with Crippen molar-refractivity contribution in [2.45, 2.75) is 27.7 Å². The highest BCUT2D eigenvalue weighted by Gasteiger charge is 2.20. The number of nitrogens with zero attached hydrogens (tertiary/aromatic N) is 1. The summed E-state index contributed by atoms with van der Waals surface area (Å²) >= 11 is 3.27. The van der Waals surface area contributed by atoms with Gasteiger partial charge in [-0.2, -0.15) is 0 Å². The third-order valence-electron chi connectivity index (χ3n) is 4.89. The van der Waals surface area contributed by atoms with Crippen molar-refractivity contribution in [3.05, 3.63) is 69.6 Å². The van der Waals surface area contributed by atoms with Gasteiger partial charge in [-0.05, 0) is 68.7 Å². The molecule has 3 nitrogen and oxygen atoms in total. The first kappa shape index (κ1) is 17.9. The number of hydrogen-bond acceptors (Lipinski definition) is 4. The molecule has 4 rings (SSSR count). The molecule has 0 radical (unpaired) electrons. The lowest BCUT2D eigenvalue weighted by Crippen LogP contribution is -2.12. The average Bonchev–Trinajstić information content (AvgIpc) is 3.18. The Labute approximate surface area is 166 Å². The van der Waals surface area contributed by atoms with Gasteiger partial charge in [-0.1, -0.05) is 18.2 Å². The van der Waals surface area contributed by atoms with E-state index < -0.39 is 0 Å². The van der Waals surface area contributed by atoms with Gasteiger partial charge >= 0.3 is 0 Å². The Hall–Kier alpha value is -2.50. The maximum Gasteiger partial charge on any atom is 0.256 e. The summed E-state index contributed by atoms with van der Waals surface area (Å²) in [7, 11) is 0. The van der Waals surface area contributed by atoms with E-state index in [9.17, 15) is 4.79 Å². The third-order valence-corrected chi connectivity index (χ3v) is 7.07. The summed E-state index contributed by atoms with van der Waals surface area (Å²) in [6.07, 6.45) is 0. The molecule has 2 aromatic heterocycles. The van der Waals surface area contributed by atoms with E-state index in [2.05, 4.69) is 25.2 Å². The minimum atomic E-state index is -0.0817. The van der Waals surface area contributed by atoms with Crippen molar-refractivity contribution in [2.24, 2.45) is 0 Å². The number of para-hydroxylation sites is 1. The first-order valence-electron chi connectivity index (χ1n) is 8.78. The highest BCUT2D eigenvalue weighted by atomic mass is 32.1. The van der Waals surface area contributed by atoms with Gasteiger partial charge in [0.2, 0.25) is 0 Å². The smallest absolute Gasteiger partial charge is 0.256 e. The summed E-state index contributed by atoms with van der Waals surface area (Å²) in [6, 6.07) is 13.9. The number of amides is 1. The molecule has 0 aliphatic rings. The maximum absolute atomic E-state index is 12.8. The second-order valence-corrected chi connectivity index (χ2v) is 8.98. The van der Waals surface area contributed by atoms with Crippen molar-refractivity contribution >= 4 is 43.8 Å². The lowest BCUT2D eigenvalue weighted by Gasteiger charge is -2.07. The van der Waals surface area contributed by atoms with E-state index in [0.29, 0.717) is 5.56 Å². The molecule has 0 spiro atoms. The van der Waals surface area contributed by atoms with Gasteiger partial charge in [0.25, 0.3) is 5.91 Å². The van der Waals surface area contributed by atoms with E-state index in [1.165, 1.54) is 16.0 Å². The molecule has 27 heavy (non-hydrogen) atoms. The zero-order valence-corrected chi connectivity index (χ0v) is 17.3. The fourth-order valence-electron chi connectivity index (χ4n) is 3.01. The fourth-order valence-corrected chi connectivity index (χ4v) is 5.21. The van der Waals surface area contributed by atoms with Crippen molar-refractivity contribution in [3.8, 4) is 10.6 Å². The molecule has 5 heteroatoms. The minimum Gasteiger partial charge on any atom is -0.313 e. The molecule has 1 amide bonds. The summed E-state index contributed by atoms with van der Waals surface area (Å²) in [5.74, 6) is -0.0817. The molecule has 0 aliphatic heterocycles. The summed E-state index contributed by atoms with van der Waals surface area (Å²) < 4.78 is 1.15. The number of thiazole rings is 1. The first-order valence-corrected chi connectivity index (χ1v) is 10.4. The maximum atomic E-state index is 12.8. The number of hydrogen-bond donors (Lipinski definition) is 1. The van der Waals surface area contributed by atoms with Crippen molar-refractivity contribution in [2.75, 3.05) is 5.32 Å². The second kappa shape index (κ2) is 6.91. The molecular formula is C22H20N2OS2. The lowest BCUT2D eigenvalue weighted by atomic mass is 10.1. The van der Waals surface area contributed by atoms with Crippen LogP contribution in [0, 0.1) is 27.7 Å². The number of carbonyl (C=O) groups excluding carboxylic acids is 1. The standard InChI is InChI=1S/C22H20N2OS2/c1-12-9-10-16(11-13(12)2)20(25)24-22-19(14(3)15(4)26-22)21-23-17-7-5-6-8-18(17)27-21/h5-11H,1-4H3,(H,24,25). The molecule has 4 aromatic rings. The molecule has 0 saturated carbocycles. The zero-order chi connectivity index (χ0) is 19.1. The number of fused-ring (bicyclic) bond motifs is 1. The van der Waals surface area contributed by atoms with Gasteiger partial charge in [0.1, 0.15) is 10.0 Å². The van der Waals surface area contributed by atoms with Gasteiger partial charge in [0.05, 0.1) is 10.2 Å². The van der Waals surface area contributed by atoms with E-state index in [0.717, 1.165) is 31.4 Å². The van der Waals surface area contributed by atoms with Gasteiger partial charge in [-0.15, -0.1) is 22.7 Å². The van der Waals surface area contributed by atoms with Crippen molar-refractivity contribution < 1.29 is 4.79 Å². The number of thiophene rings is 1. The molecule has 136 valence electrons. The van der Waals surface area contributed by atoms with Gasteiger partial charge in [0, 0.05) is 16.0 Å². The Bertz CT molecular complexity index is 1140. The number of carbonyl (C=O) groups is 1. The van der Waals surface area contributed by atoms with Gasteiger partial charge in [-0.25, -0.2) is 4.98 Å². The zero-order valence-electron chi connectivity index (χ0n) is 15.7. The van der Waals surface area contributed by atoms with Crippen LogP contribution >= 0.6 is 22.7 Å². The number of anilines is 1. The Kier molecular flexibility index (Phi) is 4.58. The molecule has 0 bridgehead atoms. The highest BCUT2D eigenvalue weighted by Crippen LogP contribution is 2.43. The van der Waals surface area contributed by atoms with E-state index in [1.807, 2.05) is 50.2 Å². The predicted molar refractivity (Wildman–Crippen MR) is 116 cm³/mol. The molecule has 0 unspecified atom stereocenters. The lowest BCUT2D eigenvalue weighted by molar-refractivity contribution is 0.102. The number of benzene rings is 2. The van der Waals surface area contributed by atoms with Crippen molar-refractivity contribution in [1.29, 1.82) is 0 Å². The molecule has 1 N–H and O–H groups in total. The molecule has 0 aliphatic carbocycles. The average molecular weight is 393 g/mol. The van der Waals surface area contributed by atoms with E-state index >= 15 is 0 Å². The predicted octanol–water partition coefficient (Wildman–Crippen LogP) is 6.51.